The van der Waals surface area contributed by atoms with Crippen molar-refractivity contribution < 1.29 is 0 Å². The first-order chi connectivity index (χ1) is 7.18. The zero-order valence-corrected chi connectivity index (χ0v) is 11.0. The Morgan fingerprint density at radius 1 is 1.40 bits per heavy atom. The summed E-state index contributed by atoms with van der Waals surface area (Å²) in [6, 6.07) is 8.00. The highest BCUT2D eigenvalue weighted by atomic mass is 127. The lowest BCUT2D eigenvalue weighted by molar-refractivity contribution is 0.794. The molecule has 1 unspecified atom stereocenters. The Morgan fingerprint density at radius 3 is 2.73 bits per heavy atom. The predicted molar refractivity (Wildman–Crippen MR) is 68.3 cm³/mol. The normalized spacial score (nSPS) is 12.7. The van der Waals surface area contributed by atoms with Crippen LogP contribution in [0.1, 0.15) is 18.0 Å². The van der Waals surface area contributed by atoms with Crippen LogP contribution >= 0.6 is 34.2 Å². The quantitative estimate of drug-likeness (QED) is 0.624. The number of hydrogen-bond donors (Lipinski definition) is 0. The maximum absolute atomic E-state index is 5.93. The van der Waals surface area contributed by atoms with Crippen molar-refractivity contribution in [3.63, 3.8) is 0 Å². The van der Waals surface area contributed by atoms with E-state index in [1.54, 1.807) is 4.68 Å². The SMILES string of the molecule is CC(Cl)c1cn(-c2ccccc2I)nn1. The van der Waals surface area contributed by atoms with Gasteiger partial charge in [-0.2, -0.15) is 0 Å². The second kappa shape index (κ2) is 4.49. The van der Waals surface area contributed by atoms with Gasteiger partial charge in [-0.25, -0.2) is 4.68 Å². The second-order valence-electron chi connectivity index (χ2n) is 3.16. The third-order valence-electron chi connectivity index (χ3n) is 2.02. The van der Waals surface area contributed by atoms with Gasteiger partial charge in [0.1, 0.15) is 5.69 Å². The van der Waals surface area contributed by atoms with Gasteiger partial charge in [0.2, 0.25) is 0 Å². The first-order valence-corrected chi connectivity index (χ1v) is 6.01. The molecule has 0 N–H and O–H groups in total. The van der Waals surface area contributed by atoms with E-state index in [1.165, 1.54) is 0 Å². The summed E-state index contributed by atoms with van der Waals surface area (Å²) in [5, 5.41) is 7.95. The number of halogens is 2. The average Bonchev–Trinajstić information content (AvgIpc) is 2.67. The van der Waals surface area contributed by atoms with Gasteiger partial charge in [-0.05, 0) is 41.6 Å². The van der Waals surface area contributed by atoms with Crippen LogP contribution in [-0.2, 0) is 0 Å². The van der Waals surface area contributed by atoms with Crippen LogP contribution in [0.5, 0.6) is 0 Å². The largest absolute Gasteiger partial charge is 0.219 e. The molecular formula is C10H9ClIN3. The molecule has 78 valence electrons. The maximum Gasteiger partial charge on any atom is 0.101 e. The highest BCUT2D eigenvalue weighted by molar-refractivity contribution is 14.1. The summed E-state index contributed by atoms with van der Waals surface area (Å²) >= 11 is 8.19. The van der Waals surface area contributed by atoms with Gasteiger partial charge < -0.3 is 0 Å². The Morgan fingerprint density at radius 2 is 2.13 bits per heavy atom. The summed E-state index contributed by atoms with van der Waals surface area (Å²) in [4.78, 5) is 0. The van der Waals surface area contributed by atoms with Gasteiger partial charge >= 0.3 is 0 Å². The molecule has 0 aliphatic heterocycles. The van der Waals surface area contributed by atoms with E-state index in [-0.39, 0.29) is 5.38 Å². The van der Waals surface area contributed by atoms with Gasteiger partial charge in [0.25, 0.3) is 0 Å². The molecular weight excluding hydrogens is 324 g/mol. The highest BCUT2D eigenvalue weighted by Gasteiger charge is 2.08. The molecule has 1 heterocycles. The first kappa shape index (κ1) is 10.9. The van der Waals surface area contributed by atoms with E-state index < -0.39 is 0 Å². The van der Waals surface area contributed by atoms with Gasteiger partial charge in [0, 0.05) is 3.57 Å². The van der Waals surface area contributed by atoms with Crippen LogP contribution in [0, 0.1) is 3.57 Å². The van der Waals surface area contributed by atoms with Crippen molar-refractivity contribution in [2.24, 2.45) is 0 Å². The van der Waals surface area contributed by atoms with Gasteiger partial charge in [-0.15, -0.1) is 16.7 Å². The minimum absolute atomic E-state index is 0.111. The lowest BCUT2D eigenvalue weighted by Gasteiger charge is -2.01. The lowest BCUT2D eigenvalue weighted by atomic mass is 10.3. The number of nitrogens with zero attached hydrogens (tertiary/aromatic N) is 3. The number of hydrogen-bond acceptors (Lipinski definition) is 2. The van der Waals surface area contributed by atoms with E-state index in [1.807, 2.05) is 37.4 Å². The molecule has 0 fully saturated rings. The zero-order valence-electron chi connectivity index (χ0n) is 8.06. The van der Waals surface area contributed by atoms with Crippen LogP contribution in [-0.4, -0.2) is 15.0 Å². The molecule has 2 rings (SSSR count). The van der Waals surface area contributed by atoms with Gasteiger partial charge in [-0.1, -0.05) is 17.3 Å². The fourth-order valence-electron chi connectivity index (χ4n) is 1.21. The molecule has 0 aliphatic rings. The van der Waals surface area contributed by atoms with E-state index in [2.05, 4.69) is 32.9 Å². The predicted octanol–water partition coefficient (Wildman–Crippen LogP) is 3.17. The third kappa shape index (κ3) is 2.31. The lowest BCUT2D eigenvalue weighted by Crippen LogP contribution is -1.97. The summed E-state index contributed by atoms with van der Waals surface area (Å²) in [7, 11) is 0. The zero-order chi connectivity index (χ0) is 10.8. The van der Waals surface area contributed by atoms with Crippen molar-refractivity contribution >= 4 is 34.2 Å². The fraction of sp³-hybridized carbons (Fsp3) is 0.200. The van der Waals surface area contributed by atoms with Crippen molar-refractivity contribution in [3.8, 4) is 5.69 Å². The van der Waals surface area contributed by atoms with E-state index in [4.69, 9.17) is 11.6 Å². The van der Waals surface area contributed by atoms with Crippen LogP contribution < -0.4 is 0 Å². The molecule has 1 atom stereocenters. The Hall–Kier alpha value is -0.620. The van der Waals surface area contributed by atoms with Crippen LogP contribution in [0.2, 0.25) is 0 Å². The van der Waals surface area contributed by atoms with Gasteiger partial charge in [0.05, 0.1) is 17.3 Å². The molecule has 15 heavy (non-hydrogen) atoms. The minimum atomic E-state index is -0.111. The van der Waals surface area contributed by atoms with E-state index in [9.17, 15) is 0 Å². The topological polar surface area (TPSA) is 30.7 Å². The molecule has 5 heteroatoms. The Kier molecular flexibility index (Phi) is 3.25. The molecule has 1 aromatic heterocycles. The molecule has 0 radical (unpaired) electrons. The molecule has 0 saturated heterocycles. The van der Waals surface area contributed by atoms with Crippen molar-refractivity contribution in [1.82, 2.24) is 15.0 Å². The second-order valence-corrected chi connectivity index (χ2v) is 4.97. The van der Waals surface area contributed by atoms with Gasteiger partial charge in [-0.3, -0.25) is 0 Å². The molecule has 0 amide bonds. The standard InChI is InChI=1S/C10H9ClIN3/c1-7(11)9-6-15(14-13-9)10-5-3-2-4-8(10)12/h2-7H,1H3. The Balaban J connectivity index is 2.42. The fourth-order valence-corrected chi connectivity index (χ4v) is 1.95. The summed E-state index contributed by atoms with van der Waals surface area (Å²) in [5.41, 5.74) is 1.81. The summed E-state index contributed by atoms with van der Waals surface area (Å²) in [6.07, 6.45) is 1.86. The van der Waals surface area contributed by atoms with E-state index in [0.29, 0.717) is 0 Å². The number of aromatic nitrogens is 3. The molecule has 1 aromatic carbocycles. The molecule has 0 spiro atoms. The van der Waals surface area contributed by atoms with E-state index in [0.717, 1.165) is 15.0 Å². The van der Waals surface area contributed by atoms with Crippen molar-refractivity contribution in [2.45, 2.75) is 12.3 Å². The number of alkyl halides is 1. The highest BCUT2D eigenvalue weighted by Crippen LogP contribution is 2.19. The summed E-state index contributed by atoms with van der Waals surface area (Å²) in [5.74, 6) is 0. The van der Waals surface area contributed by atoms with Gasteiger partial charge in [0.15, 0.2) is 0 Å². The van der Waals surface area contributed by atoms with Crippen LogP contribution in [0.3, 0.4) is 0 Å². The average molecular weight is 334 g/mol. The van der Waals surface area contributed by atoms with Crippen molar-refractivity contribution in [2.75, 3.05) is 0 Å². The summed E-state index contributed by atoms with van der Waals surface area (Å²) in [6.45, 7) is 1.88. The molecule has 0 bridgehead atoms. The molecule has 0 saturated carbocycles. The smallest absolute Gasteiger partial charge is 0.101 e. The third-order valence-corrected chi connectivity index (χ3v) is 3.15. The van der Waals surface area contributed by atoms with Crippen LogP contribution in [0.25, 0.3) is 5.69 Å². The maximum atomic E-state index is 5.93. The number of para-hydroxylation sites is 1. The van der Waals surface area contributed by atoms with Crippen LogP contribution in [0.4, 0.5) is 0 Å². The van der Waals surface area contributed by atoms with Crippen LogP contribution in [0.15, 0.2) is 30.5 Å². The minimum Gasteiger partial charge on any atom is -0.219 e. The first-order valence-electron chi connectivity index (χ1n) is 4.49. The molecule has 0 aliphatic carbocycles. The monoisotopic (exact) mass is 333 g/mol. The van der Waals surface area contributed by atoms with Crippen molar-refractivity contribution in [1.29, 1.82) is 0 Å². The molecule has 3 nitrogen and oxygen atoms in total. The van der Waals surface area contributed by atoms with E-state index >= 15 is 0 Å². The Bertz CT molecular complexity index is 467. The Labute approximate surface area is 107 Å². The number of benzene rings is 1. The summed E-state index contributed by atoms with van der Waals surface area (Å²) < 4.78 is 2.88. The number of rotatable bonds is 2. The van der Waals surface area contributed by atoms with Crippen molar-refractivity contribution in [3.05, 3.63) is 39.7 Å². The molecule has 2 aromatic rings.